The van der Waals surface area contributed by atoms with E-state index in [4.69, 9.17) is 4.74 Å². The summed E-state index contributed by atoms with van der Waals surface area (Å²) in [6.45, 7) is 2.02. The van der Waals surface area contributed by atoms with Gasteiger partial charge in [-0.15, -0.1) is 0 Å². The molecule has 0 amide bonds. The largest absolute Gasteiger partial charge is 0.504 e. The van der Waals surface area contributed by atoms with Crippen molar-refractivity contribution in [1.82, 2.24) is 4.90 Å². The van der Waals surface area contributed by atoms with E-state index in [1.54, 1.807) is 6.07 Å². The van der Waals surface area contributed by atoms with Crippen LogP contribution in [0.5, 0.6) is 11.5 Å². The highest BCUT2D eigenvalue weighted by Gasteiger charge is 2.72. The summed E-state index contributed by atoms with van der Waals surface area (Å²) < 4.78 is 6.14. The summed E-state index contributed by atoms with van der Waals surface area (Å²) in [5.74, 6) is 1.44. The number of piperidine rings is 1. The number of nitrogens with zero attached hydrogens (tertiary/aromatic N) is 1. The molecule has 1 spiro atoms. The Morgan fingerprint density at radius 1 is 1.20 bits per heavy atom. The molecule has 2 aliphatic heterocycles. The van der Waals surface area contributed by atoms with Crippen LogP contribution in [-0.2, 0) is 11.8 Å². The maximum atomic E-state index is 12.0. The summed E-state index contributed by atoms with van der Waals surface area (Å²) in [5, 5.41) is 33.1. The Balaban J connectivity index is 1.57. The molecule has 2 bridgehead atoms. The average Bonchev–Trinajstić information content (AvgIpc) is 3.32. The Hall–Kier alpha value is -1.30. The van der Waals surface area contributed by atoms with Gasteiger partial charge >= 0.3 is 0 Å². The van der Waals surface area contributed by atoms with Crippen molar-refractivity contribution >= 4 is 0 Å². The SMILES string of the molecule is Oc1ccc2c3c1OC1C(O)CC[C@@]4(O)[C@@H](C2)N(CC2CC2)CC[C@]314. The van der Waals surface area contributed by atoms with Crippen LogP contribution < -0.4 is 4.74 Å². The molecule has 5 nitrogen and oxygen atoms in total. The fourth-order valence-electron chi connectivity index (χ4n) is 6.46. The summed E-state index contributed by atoms with van der Waals surface area (Å²) in [5.41, 5.74) is 0.716. The Morgan fingerprint density at radius 2 is 2.04 bits per heavy atom. The molecule has 3 N–H and O–H groups in total. The second kappa shape index (κ2) is 4.51. The highest BCUT2D eigenvalue weighted by Crippen LogP contribution is 2.65. The van der Waals surface area contributed by atoms with E-state index in [1.165, 1.54) is 18.4 Å². The van der Waals surface area contributed by atoms with Crippen LogP contribution in [0.3, 0.4) is 0 Å². The summed E-state index contributed by atoms with van der Waals surface area (Å²) >= 11 is 0. The molecule has 0 radical (unpaired) electrons. The van der Waals surface area contributed by atoms with Crippen molar-refractivity contribution in [1.29, 1.82) is 0 Å². The summed E-state index contributed by atoms with van der Waals surface area (Å²) in [6, 6.07) is 3.79. The quantitative estimate of drug-likeness (QED) is 0.755. The summed E-state index contributed by atoms with van der Waals surface area (Å²) in [6.07, 6.45) is 4.35. The van der Waals surface area contributed by atoms with E-state index in [-0.39, 0.29) is 11.8 Å². The van der Waals surface area contributed by atoms with Crippen LogP contribution in [0.25, 0.3) is 0 Å². The topological polar surface area (TPSA) is 73.2 Å². The van der Waals surface area contributed by atoms with Crippen molar-refractivity contribution in [2.24, 2.45) is 5.92 Å². The zero-order valence-corrected chi connectivity index (χ0v) is 14.3. The van der Waals surface area contributed by atoms with Gasteiger partial charge in [-0.05, 0) is 62.6 Å². The zero-order valence-electron chi connectivity index (χ0n) is 14.3. The van der Waals surface area contributed by atoms with Gasteiger partial charge in [-0.3, -0.25) is 4.90 Å². The number of benzene rings is 1. The van der Waals surface area contributed by atoms with Crippen LogP contribution in [0.15, 0.2) is 12.1 Å². The van der Waals surface area contributed by atoms with Gasteiger partial charge in [-0.25, -0.2) is 0 Å². The van der Waals surface area contributed by atoms with Gasteiger partial charge in [-0.2, -0.15) is 0 Å². The molecule has 2 saturated carbocycles. The molecule has 0 aromatic heterocycles. The number of likely N-dealkylation sites (tertiary alicyclic amines) is 1. The minimum Gasteiger partial charge on any atom is -0.504 e. The Bertz CT molecular complexity index is 762. The molecule has 1 aromatic rings. The van der Waals surface area contributed by atoms with E-state index >= 15 is 0 Å². The number of aliphatic hydroxyl groups is 2. The van der Waals surface area contributed by atoms with Gasteiger partial charge in [0, 0.05) is 18.2 Å². The molecule has 134 valence electrons. The predicted molar refractivity (Wildman–Crippen MR) is 90.8 cm³/mol. The fraction of sp³-hybridized carbons (Fsp3) is 0.700. The van der Waals surface area contributed by atoms with Crippen molar-refractivity contribution in [3.63, 3.8) is 0 Å². The van der Waals surface area contributed by atoms with Crippen molar-refractivity contribution in [3.05, 3.63) is 23.3 Å². The number of aliphatic hydroxyl groups excluding tert-OH is 1. The van der Waals surface area contributed by atoms with Gasteiger partial charge in [0.1, 0.15) is 6.10 Å². The van der Waals surface area contributed by atoms with Crippen LogP contribution >= 0.6 is 0 Å². The number of phenolic OH excluding ortho intramolecular Hbond substituents is 1. The molecule has 5 aliphatic rings. The molecular weight excluding hydrogens is 318 g/mol. The number of ether oxygens (including phenoxy) is 1. The molecule has 3 aliphatic carbocycles. The van der Waals surface area contributed by atoms with E-state index in [2.05, 4.69) is 4.90 Å². The van der Waals surface area contributed by atoms with E-state index in [0.29, 0.717) is 18.6 Å². The number of rotatable bonds is 2. The molecule has 2 unspecified atom stereocenters. The third-order valence-corrected chi connectivity index (χ3v) is 7.73. The molecule has 3 fully saturated rings. The van der Waals surface area contributed by atoms with Gasteiger partial charge in [0.15, 0.2) is 11.5 Å². The van der Waals surface area contributed by atoms with Crippen LogP contribution in [0, 0.1) is 5.92 Å². The molecule has 6 rings (SSSR count). The van der Waals surface area contributed by atoms with Crippen LogP contribution in [-0.4, -0.2) is 57.2 Å². The predicted octanol–water partition coefficient (Wildman–Crippen LogP) is 1.32. The molecule has 1 aromatic carbocycles. The Labute approximate surface area is 147 Å². The van der Waals surface area contributed by atoms with Crippen LogP contribution in [0.2, 0.25) is 0 Å². The van der Waals surface area contributed by atoms with Gasteiger partial charge in [0.2, 0.25) is 0 Å². The highest BCUT2D eigenvalue weighted by molar-refractivity contribution is 5.62. The molecule has 5 heteroatoms. The lowest BCUT2D eigenvalue weighted by atomic mass is 9.48. The Morgan fingerprint density at radius 3 is 2.84 bits per heavy atom. The smallest absolute Gasteiger partial charge is 0.165 e. The minimum atomic E-state index is -0.879. The lowest BCUT2D eigenvalue weighted by Gasteiger charge is -2.63. The fourth-order valence-corrected chi connectivity index (χ4v) is 6.46. The first-order valence-corrected chi connectivity index (χ1v) is 9.71. The lowest BCUT2D eigenvalue weighted by molar-refractivity contribution is -0.208. The number of phenols is 1. The third-order valence-electron chi connectivity index (χ3n) is 7.73. The van der Waals surface area contributed by atoms with E-state index < -0.39 is 23.2 Å². The second-order valence-electron chi connectivity index (χ2n) is 8.90. The first kappa shape index (κ1) is 14.8. The maximum absolute atomic E-state index is 12.0. The average molecular weight is 343 g/mol. The molecule has 2 heterocycles. The minimum absolute atomic E-state index is 0.0865. The number of hydrogen-bond donors (Lipinski definition) is 3. The maximum Gasteiger partial charge on any atom is 0.165 e. The van der Waals surface area contributed by atoms with Crippen LogP contribution in [0.1, 0.15) is 43.2 Å². The van der Waals surface area contributed by atoms with Crippen molar-refractivity contribution in [2.75, 3.05) is 13.1 Å². The van der Waals surface area contributed by atoms with E-state index in [9.17, 15) is 15.3 Å². The normalized spacial score (nSPS) is 44.3. The van der Waals surface area contributed by atoms with Gasteiger partial charge in [0.25, 0.3) is 0 Å². The zero-order chi connectivity index (χ0) is 17.0. The summed E-state index contributed by atoms with van der Waals surface area (Å²) in [7, 11) is 0. The molecule has 5 atom stereocenters. The summed E-state index contributed by atoms with van der Waals surface area (Å²) in [4.78, 5) is 2.51. The molecule has 25 heavy (non-hydrogen) atoms. The van der Waals surface area contributed by atoms with Crippen LogP contribution in [0.4, 0.5) is 0 Å². The number of hydrogen-bond acceptors (Lipinski definition) is 5. The molecule has 1 saturated heterocycles. The standard InChI is InChI=1S/C20H25NO4/c22-13-4-3-12-9-15-20(24)6-5-14(23)18-19(20,16(12)17(13)25-18)7-8-21(15)10-11-1-2-11/h3-4,11,14-15,18,22-24H,1-2,5-10H2/t14?,15-,18?,19+,20-/m1/s1. The van der Waals surface area contributed by atoms with Crippen molar-refractivity contribution < 1.29 is 20.1 Å². The van der Waals surface area contributed by atoms with Gasteiger partial charge in [0.05, 0.1) is 17.1 Å². The van der Waals surface area contributed by atoms with E-state index in [0.717, 1.165) is 37.4 Å². The second-order valence-corrected chi connectivity index (χ2v) is 8.90. The monoisotopic (exact) mass is 343 g/mol. The first-order valence-electron chi connectivity index (χ1n) is 9.71. The van der Waals surface area contributed by atoms with Crippen molar-refractivity contribution in [2.45, 2.75) is 67.8 Å². The van der Waals surface area contributed by atoms with E-state index in [1.807, 2.05) is 6.07 Å². The lowest BCUT2D eigenvalue weighted by Crippen LogP contribution is -2.77. The highest BCUT2D eigenvalue weighted by atomic mass is 16.5. The van der Waals surface area contributed by atoms with Gasteiger partial charge < -0.3 is 20.1 Å². The Kier molecular flexibility index (Phi) is 2.67. The third kappa shape index (κ3) is 1.61. The first-order chi connectivity index (χ1) is 12.0. The molecular formula is C20H25NO4. The van der Waals surface area contributed by atoms with Gasteiger partial charge in [-0.1, -0.05) is 6.07 Å². The number of aromatic hydroxyl groups is 1. The van der Waals surface area contributed by atoms with Crippen molar-refractivity contribution in [3.8, 4) is 11.5 Å².